The summed E-state index contributed by atoms with van der Waals surface area (Å²) in [5, 5.41) is 7.82. The predicted molar refractivity (Wildman–Crippen MR) is 86.7 cm³/mol. The average molecular weight is 317 g/mol. The summed E-state index contributed by atoms with van der Waals surface area (Å²) in [6.07, 6.45) is 2.99. The van der Waals surface area contributed by atoms with Gasteiger partial charge in [-0.15, -0.1) is 0 Å². The molecule has 3 amide bonds. The Balaban J connectivity index is 1.56. The molecule has 0 saturated heterocycles. The van der Waals surface area contributed by atoms with Gasteiger partial charge in [-0.1, -0.05) is 29.8 Å². The average Bonchev–Trinajstić information content (AvgIpc) is 3.34. The molecule has 23 heavy (non-hydrogen) atoms. The topological polar surface area (TPSA) is 87.3 Å². The number of benzene rings is 1. The molecule has 6 heteroatoms. The zero-order valence-electron chi connectivity index (χ0n) is 13.4. The molecule has 1 aromatic rings. The molecular formula is C17H23N3O3. The van der Waals surface area contributed by atoms with Gasteiger partial charge in [0.2, 0.25) is 17.7 Å². The monoisotopic (exact) mass is 317 g/mol. The first-order chi connectivity index (χ1) is 11.0. The summed E-state index contributed by atoms with van der Waals surface area (Å²) in [6.45, 7) is 1.86. The molecule has 6 nitrogen and oxygen atoms in total. The second kappa shape index (κ2) is 8.31. The van der Waals surface area contributed by atoms with Crippen LogP contribution in [-0.4, -0.2) is 36.9 Å². The molecule has 0 spiro atoms. The Hall–Kier alpha value is -2.37. The van der Waals surface area contributed by atoms with E-state index >= 15 is 0 Å². The third kappa shape index (κ3) is 6.95. The smallest absolute Gasteiger partial charge is 0.239 e. The van der Waals surface area contributed by atoms with Gasteiger partial charge in [-0.05, 0) is 31.7 Å². The third-order valence-electron chi connectivity index (χ3n) is 3.60. The van der Waals surface area contributed by atoms with E-state index in [9.17, 15) is 14.4 Å². The second-order valence-corrected chi connectivity index (χ2v) is 5.88. The minimum Gasteiger partial charge on any atom is -0.352 e. The number of hydrogen-bond donors (Lipinski definition) is 3. The zero-order chi connectivity index (χ0) is 16.7. The number of hydrogen-bond acceptors (Lipinski definition) is 3. The number of nitrogens with one attached hydrogen (secondary N) is 3. The van der Waals surface area contributed by atoms with Gasteiger partial charge in [0.1, 0.15) is 0 Å². The molecule has 1 fully saturated rings. The second-order valence-electron chi connectivity index (χ2n) is 5.88. The highest BCUT2D eigenvalue weighted by Crippen LogP contribution is 2.18. The Labute approximate surface area is 136 Å². The predicted octanol–water partition coefficient (Wildman–Crippen LogP) is 0.439. The largest absolute Gasteiger partial charge is 0.352 e. The van der Waals surface area contributed by atoms with Crippen LogP contribution in [0.5, 0.6) is 0 Å². The Morgan fingerprint density at radius 1 is 0.957 bits per heavy atom. The SMILES string of the molecule is Cc1ccc(CCC(=O)NCC(=O)NCC(=O)NC2CC2)cc1. The number of carbonyl (C=O) groups excluding carboxylic acids is 3. The zero-order valence-corrected chi connectivity index (χ0v) is 13.4. The molecule has 0 heterocycles. The highest BCUT2D eigenvalue weighted by Gasteiger charge is 2.23. The molecule has 1 aromatic carbocycles. The van der Waals surface area contributed by atoms with E-state index < -0.39 is 0 Å². The van der Waals surface area contributed by atoms with Crippen LogP contribution in [0, 0.1) is 6.92 Å². The van der Waals surface area contributed by atoms with Crippen LogP contribution >= 0.6 is 0 Å². The summed E-state index contributed by atoms with van der Waals surface area (Å²) >= 11 is 0. The van der Waals surface area contributed by atoms with E-state index in [0.29, 0.717) is 12.8 Å². The van der Waals surface area contributed by atoms with Gasteiger partial charge in [0.05, 0.1) is 13.1 Å². The fourth-order valence-electron chi connectivity index (χ4n) is 2.03. The third-order valence-corrected chi connectivity index (χ3v) is 3.60. The molecule has 124 valence electrons. The van der Waals surface area contributed by atoms with E-state index in [4.69, 9.17) is 0 Å². The summed E-state index contributed by atoms with van der Waals surface area (Å²) in [4.78, 5) is 34.7. The standard InChI is InChI=1S/C17H23N3O3/c1-12-2-4-13(5-3-12)6-9-15(21)18-10-16(22)19-11-17(23)20-14-7-8-14/h2-5,14H,6-11H2,1H3,(H,18,21)(H,19,22)(H,20,23). The van der Waals surface area contributed by atoms with Crippen molar-refractivity contribution in [1.82, 2.24) is 16.0 Å². The highest BCUT2D eigenvalue weighted by atomic mass is 16.2. The van der Waals surface area contributed by atoms with Gasteiger partial charge >= 0.3 is 0 Å². The van der Waals surface area contributed by atoms with Gasteiger partial charge in [-0.2, -0.15) is 0 Å². The Kier molecular flexibility index (Phi) is 6.14. The van der Waals surface area contributed by atoms with Crippen LogP contribution in [0.1, 0.15) is 30.4 Å². The molecule has 0 atom stereocenters. The molecule has 0 aromatic heterocycles. The lowest BCUT2D eigenvalue weighted by atomic mass is 10.1. The number of carbonyl (C=O) groups is 3. The molecule has 1 aliphatic carbocycles. The molecule has 2 rings (SSSR count). The van der Waals surface area contributed by atoms with Gasteiger partial charge in [-0.3, -0.25) is 14.4 Å². The van der Waals surface area contributed by atoms with E-state index in [-0.39, 0.29) is 36.9 Å². The molecule has 0 bridgehead atoms. The normalized spacial score (nSPS) is 13.3. The highest BCUT2D eigenvalue weighted by molar-refractivity contribution is 5.88. The van der Waals surface area contributed by atoms with Crippen molar-refractivity contribution in [3.05, 3.63) is 35.4 Å². The van der Waals surface area contributed by atoms with Crippen LogP contribution in [0.4, 0.5) is 0 Å². The lowest BCUT2D eigenvalue weighted by molar-refractivity contribution is -0.127. The Morgan fingerprint density at radius 2 is 1.57 bits per heavy atom. The number of amides is 3. The Morgan fingerprint density at radius 3 is 2.22 bits per heavy atom. The van der Waals surface area contributed by atoms with Crippen molar-refractivity contribution in [2.45, 2.75) is 38.6 Å². The van der Waals surface area contributed by atoms with Gasteiger partial charge in [-0.25, -0.2) is 0 Å². The lowest BCUT2D eigenvalue weighted by Gasteiger charge is -2.07. The minimum atomic E-state index is -0.361. The van der Waals surface area contributed by atoms with E-state index in [0.717, 1.165) is 18.4 Å². The number of rotatable bonds is 8. The molecule has 1 saturated carbocycles. The van der Waals surface area contributed by atoms with E-state index in [1.54, 1.807) is 0 Å². The van der Waals surface area contributed by atoms with Gasteiger partial charge in [0.25, 0.3) is 0 Å². The summed E-state index contributed by atoms with van der Waals surface area (Å²) in [6, 6.07) is 8.28. The maximum atomic E-state index is 11.7. The fourth-order valence-corrected chi connectivity index (χ4v) is 2.03. The van der Waals surface area contributed by atoms with E-state index in [1.807, 2.05) is 31.2 Å². The van der Waals surface area contributed by atoms with E-state index in [2.05, 4.69) is 16.0 Å². The van der Waals surface area contributed by atoms with Crippen molar-refractivity contribution in [3.63, 3.8) is 0 Å². The molecule has 3 N–H and O–H groups in total. The van der Waals surface area contributed by atoms with Crippen molar-refractivity contribution in [1.29, 1.82) is 0 Å². The minimum absolute atomic E-state index is 0.0471. The van der Waals surface area contributed by atoms with Crippen LogP contribution in [0.15, 0.2) is 24.3 Å². The molecule has 0 aliphatic heterocycles. The molecule has 1 aliphatic rings. The summed E-state index contributed by atoms with van der Waals surface area (Å²) in [7, 11) is 0. The Bertz CT molecular complexity index is 565. The summed E-state index contributed by atoms with van der Waals surface area (Å²) < 4.78 is 0. The van der Waals surface area contributed by atoms with Gasteiger partial charge < -0.3 is 16.0 Å². The number of aryl methyl sites for hydroxylation is 2. The first kappa shape index (κ1) is 17.0. The summed E-state index contributed by atoms with van der Waals surface area (Å²) in [5.74, 6) is -0.727. The van der Waals surface area contributed by atoms with Gasteiger partial charge in [0, 0.05) is 12.5 Å². The maximum Gasteiger partial charge on any atom is 0.239 e. The molecular weight excluding hydrogens is 294 g/mol. The van der Waals surface area contributed by atoms with Crippen molar-refractivity contribution < 1.29 is 14.4 Å². The first-order valence-corrected chi connectivity index (χ1v) is 7.91. The van der Waals surface area contributed by atoms with Crippen LogP contribution < -0.4 is 16.0 Å². The van der Waals surface area contributed by atoms with E-state index in [1.165, 1.54) is 5.56 Å². The summed E-state index contributed by atoms with van der Waals surface area (Å²) in [5.41, 5.74) is 2.27. The van der Waals surface area contributed by atoms with Crippen LogP contribution in [0.3, 0.4) is 0 Å². The van der Waals surface area contributed by atoms with Gasteiger partial charge in [0.15, 0.2) is 0 Å². The lowest BCUT2D eigenvalue weighted by Crippen LogP contribution is -2.42. The van der Waals surface area contributed by atoms with Crippen LogP contribution in [0.25, 0.3) is 0 Å². The fraction of sp³-hybridized carbons (Fsp3) is 0.471. The van der Waals surface area contributed by atoms with Crippen molar-refractivity contribution >= 4 is 17.7 Å². The quantitative estimate of drug-likeness (QED) is 0.650. The maximum absolute atomic E-state index is 11.7. The van der Waals surface area contributed by atoms with Crippen molar-refractivity contribution in [2.75, 3.05) is 13.1 Å². The van der Waals surface area contributed by atoms with Crippen molar-refractivity contribution in [3.8, 4) is 0 Å². The van der Waals surface area contributed by atoms with Crippen LogP contribution in [0.2, 0.25) is 0 Å². The van der Waals surface area contributed by atoms with Crippen LogP contribution in [-0.2, 0) is 20.8 Å². The molecule has 0 unspecified atom stereocenters. The van der Waals surface area contributed by atoms with Crippen molar-refractivity contribution in [2.24, 2.45) is 0 Å². The molecule has 0 radical (unpaired) electrons. The first-order valence-electron chi connectivity index (χ1n) is 7.91.